The van der Waals surface area contributed by atoms with E-state index in [1.807, 2.05) is 0 Å². The summed E-state index contributed by atoms with van der Waals surface area (Å²) in [6.07, 6.45) is 4.18. The van der Waals surface area contributed by atoms with E-state index in [9.17, 15) is 5.11 Å². The van der Waals surface area contributed by atoms with E-state index in [1.54, 1.807) is 0 Å². The molecule has 1 aliphatic heterocycles. The van der Waals surface area contributed by atoms with E-state index in [2.05, 4.69) is 39.0 Å². The number of hydrogen-bond donors (Lipinski definition) is 1. The lowest BCUT2D eigenvalue weighted by molar-refractivity contribution is 0.0614. The van der Waals surface area contributed by atoms with Crippen LogP contribution in [-0.4, -0.2) is 17.8 Å². The molecular weight excluding hydrogens is 224 g/mol. The van der Waals surface area contributed by atoms with Crippen molar-refractivity contribution in [1.82, 2.24) is 0 Å². The maximum atomic E-state index is 9.64. The summed E-state index contributed by atoms with van der Waals surface area (Å²) in [6, 6.07) is 6.39. The Hall–Kier alpha value is -1.02. The first-order valence-corrected chi connectivity index (χ1v) is 6.99. The molecule has 1 N–H and O–H groups in total. The highest BCUT2D eigenvalue weighted by Gasteiger charge is 2.33. The number of fused-ring (bicyclic) bond motifs is 1. The summed E-state index contributed by atoms with van der Waals surface area (Å²) in [5.74, 6) is 1.03. The zero-order valence-corrected chi connectivity index (χ0v) is 11.7. The highest BCUT2D eigenvalue weighted by atomic mass is 16.5. The number of aliphatic hydroxyl groups excluding tert-OH is 1. The quantitative estimate of drug-likeness (QED) is 0.864. The monoisotopic (exact) mass is 248 g/mol. The van der Waals surface area contributed by atoms with Crippen LogP contribution in [0.4, 0.5) is 0 Å². The molecule has 0 saturated carbocycles. The van der Waals surface area contributed by atoms with Crippen LogP contribution in [0.15, 0.2) is 18.2 Å². The van der Waals surface area contributed by atoms with Crippen molar-refractivity contribution in [3.8, 4) is 5.75 Å². The largest absolute Gasteiger partial charge is 0.490 e. The fraction of sp³-hybridized carbons (Fsp3) is 0.625. The Labute approximate surface area is 110 Å². The Morgan fingerprint density at radius 1 is 1.33 bits per heavy atom. The van der Waals surface area contributed by atoms with Gasteiger partial charge in [0, 0.05) is 13.0 Å². The van der Waals surface area contributed by atoms with E-state index in [-0.39, 0.29) is 18.1 Å². The summed E-state index contributed by atoms with van der Waals surface area (Å²) in [6.45, 7) is 6.69. The second kappa shape index (κ2) is 5.31. The van der Waals surface area contributed by atoms with Crippen LogP contribution in [0.5, 0.6) is 5.75 Å². The molecule has 0 spiro atoms. The molecular formula is C16H24O2. The van der Waals surface area contributed by atoms with Gasteiger partial charge in [-0.05, 0) is 43.2 Å². The van der Waals surface area contributed by atoms with E-state index >= 15 is 0 Å². The first-order valence-electron chi connectivity index (χ1n) is 6.99. The van der Waals surface area contributed by atoms with Gasteiger partial charge >= 0.3 is 0 Å². The smallest absolute Gasteiger partial charge is 0.123 e. The van der Waals surface area contributed by atoms with E-state index in [1.165, 1.54) is 11.1 Å². The minimum atomic E-state index is 0.0295. The maximum absolute atomic E-state index is 9.64. The Morgan fingerprint density at radius 2 is 2.06 bits per heavy atom. The molecule has 18 heavy (non-hydrogen) atoms. The zero-order valence-electron chi connectivity index (χ0n) is 11.7. The Balaban J connectivity index is 2.07. The predicted octanol–water partition coefficient (Wildman–Crippen LogP) is 3.49. The van der Waals surface area contributed by atoms with Crippen molar-refractivity contribution in [2.75, 3.05) is 6.61 Å². The average Bonchev–Trinajstić information content (AvgIpc) is 2.77. The van der Waals surface area contributed by atoms with Gasteiger partial charge in [0.1, 0.15) is 11.9 Å². The number of benzene rings is 1. The molecule has 1 heterocycles. The van der Waals surface area contributed by atoms with Crippen LogP contribution in [0.2, 0.25) is 0 Å². The highest BCUT2D eigenvalue weighted by molar-refractivity contribution is 5.40. The first kappa shape index (κ1) is 13.4. The van der Waals surface area contributed by atoms with Crippen LogP contribution >= 0.6 is 0 Å². The molecule has 0 aliphatic carbocycles. The number of aryl methyl sites for hydroxylation is 1. The zero-order chi connectivity index (χ0) is 13.2. The molecule has 2 heteroatoms. The van der Waals surface area contributed by atoms with E-state index in [4.69, 9.17) is 4.74 Å². The van der Waals surface area contributed by atoms with Crippen LogP contribution in [0.3, 0.4) is 0 Å². The van der Waals surface area contributed by atoms with Crippen molar-refractivity contribution in [2.45, 2.75) is 52.6 Å². The fourth-order valence-corrected chi connectivity index (χ4v) is 2.87. The normalized spacial score (nSPS) is 18.6. The molecule has 0 bridgehead atoms. The Bertz CT molecular complexity index is 399. The summed E-state index contributed by atoms with van der Waals surface area (Å²) >= 11 is 0. The first-order chi connectivity index (χ1) is 8.62. The molecule has 100 valence electrons. The molecule has 1 unspecified atom stereocenters. The summed E-state index contributed by atoms with van der Waals surface area (Å²) in [4.78, 5) is 0. The lowest BCUT2D eigenvalue weighted by Crippen LogP contribution is -2.31. The second-order valence-electron chi connectivity index (χ2n) is 5.62. The topological polar surface area (TPSA) is 29.5 Å². The molecule has 0 aromatic heterocycles. The van der Waals surface area contributed by atoms with Gasteiger partial charge in [-0.2, -0.15) is 0 Å². The summed E-state index contributed by atoms with van der Waals surface area (Å²) < 4.78 is 6.01. The predicted molar refractivity (Wildman–Crippen MR) is 74.0 cm³/mol. The molecule has 1 aromatic carbocycles. The van der Waals surface area contributed by atoms with Crippen LogP contribution in [0, 0.1) is 12.3 Å². The minimum Gasteiger partial charge on any atom is -0.490 e. The van der Waals surface area contributed by atoms with Gasteiger partial charge in [-0.25, -0.2) is 0 Å². The summed E-state index contributed by atoms with van der Waals surface area (Å²) in [5, 5.41) is 9.64. The van der Waals surface area contributed by atoms with Gasteiger partial charge in [-0.3, -0.25) is 0 Å². The van der Waals surface area contributed by atoms with Gasteiger partial charge in [0.05, 0.1) is 0 Å². The minimum absolute atomic E-state index is 0.0295. The average molecular weight is 248 g/mol. The van der Waals surface area contributed by atoms with Gasteiger partial charge in [-0.15, -0.1) is 0 Å². The van der Waals surface area contributed by atoms with E-state index in [0.29, 0.717) is 0 Å². The van der Waals surface area contributed by atoms with Gasteiger partial charge in [-0.1, -0.05) is 31.5 Å². The van der Waals surface area contributed by atoms with Crippen LogP contribution < -0.4 is 4.74 Å². The number of hydrogen-bond acceptors (Lipinski definition) is 2. The van der Waals surface area contributed by atoms with E-state index in [0.717, 1.165) is 31.4 Å². The highest BCUT2D eigenvalue weighted by Crippen LogP contribution is 2.38. The molecule has 2 nitrogen and oxygen atoms in total. The molecule has 1 aromatic rings. The molecule has 1 aliphatic rings. The van der Waals surface area contributed by atoms with Crippen molar-refractivity contribution in [3.05, 3.63) is 29.3 Å². The van der Waals surface area contributed by atoms with Crippen molar-refractivity contribution in [3.63, 3.8) is 0 Å². The van der Waals surface area contributed by atoms with Gasteiger partial charge < -0.3 is 9.84 Å². The van der Waals surface area contributed by atoms with Crippen molar-refractivity contribution < 1.29 is 9.84 Å². The lowest BCUT2D eigenvalue weighted by atomic mass is 9.77. The van der Waals surface area contributed by atoms with Crippen molar-refractivity contribution in [2.24, 2.45) is 5.41 Å². The van der Waals surface area contributed by atoms with Gasteiger partial charge in [0.25, 0.3) is 0 Å². The third kappa shape index (κ3) is 2.54. The Kier molecular flexibility index (Phi) is 3.96. The van der Waals surface area contributed by atoms with Crippen LogP contribution in [0.25, 0.3) is 0 Å². The maximum Gasteiger partial charge on any atom is 0.123 e. The molecule has 0 amide bonds. The summed E-state index contributed by atoms with van der Waals surface area (Å²) in [5.41, 5.74) is 2.64. The molecule has 1 atom stereocenters. The number of aliphatic hydroxyl groups is 1. The van der Waals surface area contributed by atoms with Gasteiger partial charge in [0.2, 0.25) is 0 Å². The SMILES string of the molecule is CCC(CC)(CO)CC1Cc2cc(C)ccc2O1. The summed E-state index contributed by atoms with van der Waals surface area (Å²) in [7, 11) is 0. The van der Waals surface area contributed by atoms with Crippen molar-refractivity contribution in [1.29, 1.82) is 0 Å². The molecule has 0 fully saturated rings. The van der Waals surface area contributed by atoms with E-state index < -0.39 is 0 Å². The Morgan fingerprint density at radius 3 is 2.67 bits per heavy atom. The van der Waals surface area contributed by atoms with Gasteiger partial charge in [0.15, 0.2) is 0 Å². The fourth-order valence-electron chi connectivity index (χ4n) is 2.87. The number of ether oxygens (including phenoxy) is 1. The third-order valence-electron chi connectivity index (χ3n) is 4.45. The standard InChI is InChI=1S/C16H24O2/c1-4-16(5-2,11-17)10-14-9-13-8-12(3)6-7-15(13)18-14/h6-8,14,17H,4-5,9-11H2,1-3H3. The van der Waals surface area contributed by atoms with Crippen LogP contribution in [-0.2, 0) is 6.42 Å². The van der Waals surface area contributed by atoms with Crippen LogP contribution in [0.1, 0.15) is 44.2 Å². The lowest BCUT2D eigenvalue weighted by Gasteiger charge is -2.31. The molecule has 2 rings (SSSR count). The molecule has 0 radical (unpaired) electrons. The number of rotatable bonds is 5. The molecule has 0 saturated heterocycles. The second-order valence-corrected chi connectivity index (χ2v) is 5.62. The van der Waals surface area contributed by atoms with Crippen molar-refractivity contribution >= 4 is 0 Å². The third-order valence-corrected chi connectivity index (χ3v) is 4.45.